The van der Waals surface area contributed by atoms with Gasteiger partial charge in [-0.1, -0.05) is 0 Å². The van der Waals surface area contributed by atoms with Gasteiger partial charge in [-0.15, -0.1) is 0 Å². The monoisotopic (exact) mass is 128 g/mol. The molecule has 0 aliphatic heterocycles. The summed E-state index contributed by atoms with van der Waals surface area (Å²) in [6, 6.07) is -0.486. The largest absolute Gasteiger partial charge is 0.447 e. The van der Waals surface area contributed by atoms with Crippen LogP contribution >= 0.6 is 0 Å². The van der Waals surface area contributed by atoms with E-state index in [2.05, 4.69) is 4.98 Å². The summed E-state index contributed by atoms with van der Waals surface area (Å²) in [4.78, 5) is 3.74. The zero-order chi connectivity index (χ0) is 6.69. The standard InChI is InChI=1S/C5H8N2O2/c6-4(3-8)5-7-1-2-9-5/h1-2,4,8H,3,6H2. The van der Waals surface area contributed by atoms with Gasteiger partial charge in [0.25, 0.3) is 0 Å². The molecular weight excluding hydrogens is 120 g/mol. The van der Waals surface area contributed by atoms with Crippen molar-refractivity contribution in [3.05, 3.63) is 18.4 Å². The van der Waals surface area contributed by atoms with Crippen molar-refractivity contribution in [2.75, 3.05) is 6.61 Å². The number of rotatable bonds is 2. The highest BCUT2D eigenvalue weighted by Gasteiger charge is 2.06. The minimum atomic E-state index is -0.486. The Morgan fingerprint density at radius 1 is 1.89 bits per heavy atom. The normalized spacial score (nSPS) is 13.6. The molecule has 1 rings (SSSR count). The lowest BCUT2D eigenvalue weighted by Gasteiger charge is -1.99. The van der Waals surface area contributed by atoms with Gasteiger partial charge in [-0.25, -0.2) is 4.98 Å². The molecule has 1 heterocycles. The Labute approximate surface area is 52.3 Å². The summed E-state index contributed by atoms with van der Waals surface area (Å²) in [6.45, 7) is -0.138. The van der Waals surface area contributed by atoms with Gasteiger partial charge in [0, 0.05) is 0 Å². The number of aromatic nitrogens is 1. The second-order valence-corrected chi connectivity index (χ2v) is 1.66. The van der Waals surface area contributed by atoms with E-state index < -0.39 is 6.04 Å². The number of oxazole rings is 1. The van der Waals surface area contributed by atoms with E-state index in [9.17, 15) is 0 Å². The molecule has 1 aromatic heterocycles. The number of hydrogen-bond acceptors (Lipinski definition) is 4. The Morgan fingerprint density at radius 2 is 2.67 bits per heavy atom. The molecule has 1 aromatic rings. The van der Waals surface area contributed by atoms with Gasteiger partial charge in [0.2, 0.25) is 5.89 Å². The lowest BCUT2D eigenvalue weighted by molar-refractivity contribution is 0.248. The Morgan fingerprint density at radius 3 is 3.11 bits per heavy atom. The van der Waals surface area contributed by atoms with Crippen molar-refractivity contribution in [3.8, 4) is 0 Å². The van der Waals surface area contributed by atoms with Crippen molar-refractivity contribution < 1.29 is 9.52 Å². The van der Waals surface area contributed by atoms with Crippen LogP contribution in [0, 0.1) is 0 Å². The van der Waals surface area contributed by atoms with Gasteiger partial charge in [-0.3, -0.25) is 0 Å². The third-order valence-corrected chi connectivity index (χ3v) is 0.965. The van der Waals surface area contributed by atoms with Gasteiger partial charge in [-0.2, -0.15) is 0 Å². The van der Waals surface area contributed by atoms with Crippen molar-refractivity contribution in [1.82, 2.24) is 4.98 Å². The van der Waals surface area contributed by atoms with Gasteiger partial charge in [-0.05, 0) is 0 Å². The van der Waals surface area contributed by atoms with Crippen molar-refractivity contribution >= 4 is 0 Å². The predicted molar refractivity (Wildman–Crippen MR) is 30.5 cm³/mol. The Balaban J connectivity index is 2.65. The molecule has 0 aliphatic rings. The molecule has 4 heteroatoms. The molecule has 1 atom stereocenters. The second-order valence-electron chi connectivity index (χ2n) is 1.66. The van der Waals surface area contributed by atoms with Crippen molar-refractivity contribution in [3.63, 3.8) is 0 Å². The molecule has 9 heavy (non-hydrogen) atoms. The minimum absolute atomic E-state index is 0.138. The van der Waals surface area contributed by atoms with E-state index in [-0.39, 0.29) is 6.61 Å². The molecule has 0 bridgehead atoms. The molecule has 4 nitrogen and oxygen atoms in total. The minimum Gasteiger partial charge on any atom is -0.447 e. The molecule has 0 radical (unpaired) electrons. The van der Waals surface area contributed by atoms with Crippen molar-refractivity contribution in [2.24, 2.45) is 5.73 Å². The van der Waals surface area contributed by atoms with Crippen LogP contribution in [0.25, 0.3) is 0 Å². The van der Waals surface area contributed by atoms with Crippen LogP contribution in [-0.2, 0) is 0 Å². The molecule has 0 spiro atoms. The van der Waals surface area contributed by atoms with Gasteiger partial charge in [0.05, 0.1) is 12.8 Å². The molecular formula is C5H8N2O2. The fraction of sp³-hybridized carbons (Fsp3) is 0.400. The van der Waals surface area contributed by atoms with Crippen molar-refractivity contribution in [1.29, 1.82) is 0 Å². The van der Waals surface area contributed by atoms with E-state index >= 15 is 0 Å². The molecule has 0 fully saturated rings. The number of nitrogens with zero attached hydrogens (tertiary/aromatic N) is 1. The predicted octanol–water partition coefficient (Wildman–Crippen LogP) is -0.333. The lowest BCUT2D eigenvalue weighted by Crippen LogP contribution is -2.14. The zero-order valence-corrected chi connectivity index (χ0v) is 4.82. The van der Waals surface area contributed by atoms with E-state index in [0.717, 1.165) is 0 Å². The summed E-state index contributed by atoms with van der Waals surface area (Å²) in [6.07, 6.45) is 2.91. The molecule has 0 saturated carbocycles. The van der Waals surface area contributed by atoms with Gasteiger partial charge in [0.15, 0.2) is 0 Å². The number of hydrogen-bond donors (Lipinski definition) is 2. The Bertz CT molecular complexity index is 161. The Hall–Kier alpha value is -0.870. The molecule has 0 amide bonds. The molecule has 50 valence electrons. The molecule has 3 N–H and O–H groups in total. The second kappa shape index (κ2) is 2.61. The first-order chi connectivity index (χ1) is 4.34. The molecule has 1 unspecified atom stereocenters. The highest BCUT2D eigenvalue weighted by molar-refractivity contribution is 4.87. The Kier molecular flexibility index (Phi) is 1.81. The fourth-order valence-electron chi connectivity index (χ4n) is 0.496. The summed E-state index contributed by atoms with van der Waals surface area (Å²) >= 11 is 0. The van der Waals surface area contributed by atoms with Gasteiger partial charge >= 0.3 is 0 Å². The number of nitrogens with two attached hydrogens (primary N) is 1. The van der Waals surface area contributed by atoms with E-state index in [1.807, 2.05) is 0 Å². The highest BCUT2D eigenvalue weighted by Crippen LogP contribution is 2.03. The average molecular weight is 128 g/mol. The first-order valence-electron chi connectivity index (χ1n) is 2.60. The quantitative estimate of drug-likeness (QED) is 0.571. The maximum atomic E-state index is 8.48. The smallest absolute Gasteiger partial charge is 0.213 e. The van der Waals surface area contributed by atoms with E-state index in [0.29, 0.717) is 5.89 Å². The third-order valence-electron chi connectivity index (χ3n) is 0.965. The van der Waals surface area contributed by atoms with E-state index in [1.165, 1.54) is 12.5 Å². The van der Waals surface area contributed by atoms with Crippen LogP contribution in [0.3, 0.4) is 0 Å². The summed E-state index contributed by atoms with van der Waals surface area (Å²) in [5, 5.41) is 8.48. The summed E-state index contributed by atoms with van der Waals surface area (Å²) < 4.78 is 4.79. The zero-order valence-electron chi connectivity index (χ0n) is 4.82. The van der Waals surface area contributed by atoms with Crippen LogP contribution in [0.2, 0.25) is 0 Å². The maximum absolute atomic E-state index is 8.48. The van der Waals surface area contributed by atoms with Crippen molar-refractivity contribution in [2.45, 2.75) is 6.04 Å². The lowest BCUT2D eigenvalue weighted by atomic mass is 10.3. The molecule has 0 aliphatic carbocycles. The van der Waals surface area contributed by atoms with Crippen LogP contribution in [-0.4, -0.2) is 16.7 Å². The molecule has 0 saturated heterocycles. The number of aliphatic hydroxyl groups is 1. The first-order valence-corrected chi connectivity index (χ1v) is 2.60. The van der Waals surface area contributed by atoms with Crippen LogP contribution in [0.4, 0.5) is 0 Å². The van der Waals surface area contributed by atoms with Crippen LogP contribution in [0.15, 0.2) is 16.9 Å². The SMILES string of the molecule is NC(CO)c1ncco1. The third kappa shape index (κ3) is 1.28. The fourth-order valence-corrected chi connectivity index (χ4v) is 0.496. The molecule has 0 aromatic carbocycles. The summed E-state index contributed by atoms with van der Waals surface area (Å²) in [5.41, 5.74) is 5.33. The van der Waals surface area contributed by atoms with Crippen LogP contribution in [0.5, 0.6) is 0 Å². The highest BCUT2D eigenvalue weighted by atomic mass is 16.3. The summed E-state index contributed by atoms with van der Waals surface area (Å²) in [5.74, 6) is 0.373. The van der Waals surface area contributed by atoms with E-state index in [1.54, 1.807) is 0 Å². The van der Waals surface area contributed by atoms with E-state index in [4.69, 9.17) is 15.3 Å². The van der Waals surface area contributed by atoms with Gasteiger partial charge in [0.1, 0.15) is 12.3 Å². The maximum Gasteiger partial charge on any atom is 0.213 e. The average Bonchev–Trinajstić information content (AvgIpc) is 2.37. The topological polar surface area (TPSA) is 72.3 Å². The van der Waals surface area contributed by atoms with Gasteiger partial charge < -0.3 is 15.3 Å². The van der Waals surface area contributed by atoms with Crippen LogP contribution < -0.4 is 5.73 Å². The summed E-state index contributed by atoms with van der Waals surface area (Å²) in [7, 11) is 0. The van der Waals surface area contributed by atoms with Crippen LogP contribution in [0.1, 0.15) is 11.9 Å². The number of aliphatic hydroxyl groups excluding tert-OH is 1. The first kappa shape index (κ1) is 6.25.